The maximum Gasteiger partial charge on any atom is 0.305 e. The predicted molar refractivity (Wildman–Crippen MR) is 94.4 cm³/mol. The number of benzene rings is 2. The first-order valence-corrected chi connectivity index (χ1v) is 8.43. The van der Waals surface area contributed by atoms with Crippen molar-refractivity contribution in [3.05, 3.63) is 42.5 Å². The Hall–Kier alpha value is -2.01. The molecule has 0 bridgehead atoms. The molecule has 0 heterocycles. The third-order valence-electron chi connectivity index (χ3n) is 3.70. The first-order valence-electron chi connectivity index (χ1n) is 7.55. The molecule has 1 unspecified atom stereocenters. The van der Waals surface area contributed by atoms with E-state index in [4.69, 9.17) is 5.21 Å². The van der Waals surface area contributed by atoms with Crippen LogP contribution in [0.3, 0.4) is 0 Å². The van der Waals surface area contributed by atoms with E-state index >= 15 is 0 Å². The number of oxime groups is 1. The van der Waals surface area contributed by atoms with Crippen LogP contribution in [0.5, 0.6) is 0 Å². The van der Waals surface area contributed by atoms with Crippen LogP contribution in [0.1, 0.15) is 26.2 Å². The molecule has 122 valence electrons. The molecule has 4 nitrogen and oxygen atoms in total. The van der Waals surface area contributed by atoms with Crippen molar-refractivity contribution in [1.82, 2.24) is 0 Å². The molecule has 1 atom stereocenters. The van der Waals surface area contributed by atoms with E-state index in [-0.39, 0.29) is 11.2 Å². The zero-order chi connectivity index (χ0) is 16.7. The van der Waals surface area contributed by atoms with Crippen LogP contribution in [0.2, 0.25) is 0 Å². The molecule has 0 aromatic heterocycles. The zero-order valence-electron chi connectivity index (χ0n) is 13.4. The Kier molecular flexibility index (Phi) is 6.47. The highest BCUT2D eigenvalue weighted by atomic mass is 32.2. The summed E-state index contributed by atoms with van der Waals surface area (Å²) in [7, 11) is 1.39. The Morgan fingerprint density at radius 2 is 2.00 bits per heavy atom. The van der Waals surface area contributed by atoms with Crippen LogP contribution >= 0.6 is 11.8 Å². The van der Waals surface area contributed by atoms with E-state index in [2.05, 4.69) is 40.2 Å². The molecule has 2 aromatic rings. The number of carbonyl (C=O) groups excluding carboxylic acids is 1. The number of ether oxygens (including phenoxy) is 1. The number of fused-ring (bicyclic) bond motifs is 1. The minimum atomic E-state index is -0.210. The van der Waals surface area contributed by atoms with Gasteiger partial charge in [-0.2, -0.15) is 0 Å². The number of carbonyl (C=O) groups is 1. The summed E-state index contributed by atoms with van der Waals surface area (Å²) >= 11 is 1.65. The minimum Gasteiger partial charge on any atom is -0.469 e. The van der Waals surface area contributed by atoms with E-state index in [1.165, 1.54) is 17.9 Å². The molecule has 0 fully saturated rings. The van der Waals surface area contributed by atoms with Crippen molar-refractivity contribution in [2.45, 2.75) is 36.3 Å². The average Bonchev–Trinajstić information content (AvgIpc) is 2.59. The standard InChI is InChI=1S/C18H21NO3S/c1-13(19-21)17(8-5-9-18(20)22-2)23-16-11-10-14-6-3-4-7-15(14)12-16/h3-4,6-7,10-12,17,21H,5,8-9H2,1-2H3/b19-13+. The lowest BCUT2D eigenvalue weighted by molar-refractivity contribution is -0.140. The molecule has 2 aromatic carbocycles. The van der Waals surface area contributed by atoms with Crippen molar-refractivity contribution in [2.75, 3.05) is 7.11 Å². The predicted octanol–water partition coefficient (Wildman–Crippen LogP) is 4.49. The summed E-state index contributed by atoms with van der Waals surface area (Å²) in [5.74, 6) is -0.210. The summed E-state index contributed by atoms with van der Waals surface area (Å²) in [4.78, 5) is 12.3. The van der Waals surface area contributed by atoms with E-state index in [9.17, 15) is 4.79 Å². The van der Waals surface area contributed by atoms with Crippen molar-refractivity contribution in [2.24, 2.45) is 5.16 Å². The lowest BCUT2D eigenvalue weighted by Gasteiger charge is -2.15. The quantitative estimate of drug-likeness (QED) is 0.267. The van der Waals surface area contributed by atoms with Gasteiger partial charge in [-0.3, -0.25) is 4.79 Å². The van der Waals surface area contributed by atoms with Crippen LogP contribution in [0, 0.1) is 0 Å². The minimum absolute atomic E-state index is 0.0332. The number of thioether (sulfide) groups is 1. The topological polar surface area (TPSA) is 58.9 Å². The van der Waals surface area contributed by atoms with Gasteiger partial charge in [0.2, 0.25) is 0 Å². The Labute approximate surface area is 140 Å². The summed E-state index contributed by atoms with van der Waals surface area (Å²) in [6.45, 7) is 1.80. The van der Waals surface area contributed by atoms with Gasteiger partial charge in [0.05, 0.1) is 18.1 Å². The normalized spacial score (nSPS) is 13.0. The van der Waals surface area contributed by atoms with Crippen molar-refractivity contribution >= 4 is 34.2 Å². The van der Waals surface area contributed by atoms with Crippen molar-refractivity contribution in [3.63, 3.8) is 0 Å². The smallest absolute Gasteiger partial charge is 0.305 e. The van der Waals surface area contributed by atoms with E-state index in [0.29, 0.717) is 18.6 Å². The van der Waals surface area contributed by atoms with Gasteiger partial charge in [-0.15, -0.1) is 11.8 Å². The molecule has 0 amide bonds. The Bertz CT molecular complexity index is 699. The Morgan fingerprint density at radius 3 is 2.70 bits per heavy atom. The first-order chi connectivity index (χ1) is 11.1. The number of hydrogen-bond donors (Lipinski definition) is 1. The largest absolute Gasteiger partial charge is 0.469 e. The van der Waals surface area contributed by atoms with Crippen LogP contribution in [-0.4, -0.2) is 29.2 Å². The molecule has 0 radical (unpaired) electrons. The number of nitrogens with zero attached hydrogens (tertiary/aromatic N) is 1. The molecular formula is C18H21NO3S. The van der Waals surface area contributed by atoms with Crippen LogP contribution < -0.4 is 0 Å². The van der Waals surface area contributed by atoms with Gasteiger partial charge in [0.25, 0.3) is 0 Å². The lowest BCUT2D eigenvalue weighted by atomic mass is 10.1. The molecular weight excluding hydrogens is 310 g/mol. The summed E-state index contributed by atoms with van der Waals surface area (Å²) < 4.78 is 4.66. The summed E-state index contributed by atoms with van der Waals surface area (Å²) in [6, 6.07) is 14.5. The number of hydrogen-bond acceptors (Lipinski definition) is 5. The van der Waals surface area contributed by atoms with Crippen molar-refractivity contribution in [1.29, 1.82) is 0 Å². The summed E-state index contributed by atoms with van der Waals surface area (Å²) in [6.07, 6.45) is 1.83. The average molecular weight is 331 g/mol. The maximum absolute atomic E-state index is 11.2. The fourth-order valence-electron chi connectivity index (χ4n) is 2.36. The zero-order valence-corrected chi connectivity index (χ0v) is 14.2. The molecule has 0 aliphatic heterocycles. The van der Waals surface area contributed by atoms with E-state index in [1.54, 1.807) is 18.7 Å². The molecule has 23 heavy (non-hydrogen) atoms. The molecule has 1 N–H and O–H groups in total. The first kappa shape index (κ1) is 17.3. The fraction of sp³-hybridized carbons (Fsp3) is 0.333. The molecule has 0 saturated carbocycles. The number of methoxy groups -OCH3 is 1. The molecule has 0 saturated heterocycles. The van der Waals surface area contributed by atoms with E-state index < -0.39 is 0 Å². The van der Waals surface area contributed by atoms with Crippen LogP contribution in [-0.2, 0) is 9.53 Å². The Balaban J connectivity index is 2.07. The van der Waals surface area contributed by atoms with Gasteiger partial charge in [0.15, 0.2) is 0 Å². The van der Waals surface area contributed by atoms with Crippen LogP contribution in [0.4, 0.5) is 0 Å². The molecule has 0 aliphatic carbocycles. The maximum atomic E-state index is 11.2. The number of esters is 1. The van der Waals surface area contributed by atoms with Crippen molar-refractivity contribution < 1.29 is 14.7 Å². The molecule has 0 aliphatic rings. The van der Waals surface area contributed by atoms with Gasteiger partial charge >= 0.3 is 5.97 Å². The monoisotopic (exact) mass is 331 g/mol. The van der Waals surface area contributed by atoms with Gasteiger partial charge in [-0.05, 0) is 42.7 Å². The highest BCUT2D eigenvalue weighted by molar-refractivity contribution is 8.00. The fourth-order valence-corrected chi connectivity index (χ4v) is 3.53. The van der Waals surface area contributed by atoms with E-state index in [1.807, 2.05) is 12.1 Å². The lowest BCUT2D eigenvalue weighted by Crippen LogP contribution is -2.15. The van der Waals surface area contributed by atoms with Gasteiger partial charge in [0.1, 0.15) is 0 Å². The van der Waals surface area contributed by atoms with E-state index in [0.717, 1.165) is 11.3 Å². The highest BCUT2D eigenvalue weighted by Gasteiger charge is 2.16. The molecule has 5 heteroatoms. The third kappa shape index (κ3) is 4.99. The van der Waals surface area contributed by atoms with Crippen LogP contribution in [0.15, 0.2) is 52.5 Å². The Morgan fingerprint density at radius 1 is 1.26 bits per heavy atom. The van der Waals surface area contributed by atoms with Crippen molar-refractivity contribution in [3.8, 4) is 0 Å². The van der Waals surface area contributed by atoms with Crippen LogP contribution in [0.25, 0.3) is 10.8 Å². The second kappa shape index (κ2) is 8.58. The molecule has 2 rings (SSSR count). The van der Waals surface area contributed by atoms with Gasteiger partial charge in [0, 0.05) is 11.3 Å². The SMILES string of the molecule is COC(=O)CCCC(Sc1ccc2ccccc2c1)/C(C)=N/O. The van der Waals surface area contributed by atoms with Gasteiger partial charge in [-0.1, -0.05) is 35.5 Å². The number of rotatable bonds is 7. The summed E-state index contributed by atoms with van der Waals surface area (Å²) in [5, 5.41) is 14.9. The van der Waals surface area contributed by atoms with Gasteiger partial charge in [-0.25, -0.2) is 0 Å². The van der Waals surface area contributed by atoms with Gasteiger partial charge < -0.3 is 9.94 Å². The third-order valence-corrected chi connectivity index (χ3v) is 5.09. The highest BCUT2D eigenvalue weighted by Crippen LogP contribution is 2.30. The summed E-state index contributed by atoms with van der Waals surface area (Å²) in [5.41, 5.74) is 0.660. The molecule has 0 spiro atoms. The second-order valence-corrected chi connectivity index (χ2v) is 6.60. The second-order valence-electron chi connectivity index (χ2n) is 5.33.